The number of nitrogens with one attached hydrogen (secondary N) is 1. The van der Waals surface area contributed by atoms with Crippen molar-refractivity contribution in [2.75, 3.05) is 21.3 Å². The van der Waals surface area contributed by atoms with E-state index in [-0.39, 0.29) is 5.91 Å². The molecule has 0 unspecified atom stereocenters. The first-order chi connectivity index (χ1) is 10.7. The number of hydrogen-bond acceptors (Lipinski definition) is 4. The van der Waals surface area contributed by atoms with E-state index in [4.69, 9.17) is 14.2 Å². The van der Waals surface area contributed by atoms with Gasteiger partial charge >= 0.3 is 0 Å². The summed E-state index contributed by atoms with van der Waals surface area (Å²) < 4.78 is 16.0. The third-order valence-corrected chi connectivity index (χ3v) is 4.23. The van der Waals surface area contributed by atoms with Crippen LogP contribution < -0.4 is 19.5 Å². The van der Waals surface area contributed by atoms with Gasteiger partial charge in [0.1, 0.15) is 17.2 Å². The summed E-state index contributed by atoms with van der Waals surface area (Å²) in [6.07, 6.45) is 5.45. The van der Waals surface area contributed by atoms with Gasteiger partial charge < -0.3 is 19.5 Å². The molecular weight excluding hydrogens is 282 g/mol. The molecule has 0 saturated heterocycles. The Kier molecular flexibility index (Phi) is 5.92. The smallest absolute Gasteiger partial charge is 0.220 e. The van der Waals surface area contributed by atoms with Gasteiger partial charge in [-0.3, -0.25) is 4.79 Å². The second-order valence-corrected chi connectivity index (χ2v) is 5.64. The fourth-order valence-corrected chi connectivity index (χ4v) is 2.99. The highest BCUT2D eigenvalue weighted by Crippen LogP contribution is 2.34. The summed E-state index contributed by atoms with van der Waals surface area (Å²) in [4.78, 5) is 12.1. The average molecular weight is 307 g/mol. The van der Waals surface area contributed by atoms with Crippen LogP contribution in [0.3, 0.4) is 0 Å². The summed E-state index contributed by atoms with van der Waals surface area (Å²) in [7, 11) is 4.79. The van der Waals surface area contributed by atoms with Crippen LogP contribution in [0.15, 0.2) is 12.1 Å². The maximum absolute atomic E-state index is 12.1. The molecular formula is C17H25NO4. The Balaban J connectivity index is 2.02. The lowest BCUT2D eigenvalue weighted by Crippen LogP contribution is -2.25. The number of hydrogen-bond donors (Lipinski definition) is 1. The van der Waals surface area contributed by atoms with Crippen LogP contribution >= 0.6 is 0 Å². The zero-order valence-corrected chi connectivity index (χ0v) is 13.6. The highest BCUT2D eigenvalue weighted by atomic mass is 16.5. The van der Waals surface area contributed by atoms with E-state index in [9.17, 15) is 4.79 Å². The van der Waals surface area contributed by atoms with Gasteiger partial charge in [0.05, 0.1) is 33.4 Å². The molecule has 2 rings (SSSR count). The number of carbonyl (C=O) groups excluding carboxylic acids is 1. The van der Waals surface area contributed by atoms with Crippen molar-refractivity contribution in [3.8, 4) is 17.2 Å². The minimum Gasteiger partial charge on any atom is -0.496 e. The zero-order valence-electron chi connectivity index (χ0n) is 13.6. The highest BCUT2D eigenvalue weighted by Gasteiger charge is 2.19. The molecule has 0 atom stereocenters. The van der Waals surface area contributed by atoms with Gasteiger partial charge in [0.25, 0.3) is 0 Å². The number of carbonyl (C=O) groups is 1. The van der Waals surface area contributed by atoms with Gasteiger partial charge in [0.2, 0.25) is 5.91 Å². The first kappa shape index (κ1) is 16.5. The third-order valence-electron chi connectivity index (χ3n) is 4.23. The van der Waals surface area contributed by atoms with Gasteiger partial charge in [-0.05, 0) is 18.8 Å². The first-order valence-electron chi connectivity index (χ1n) is 7.73. The molecule has 1 N–H and O–H groups in total. The van der Waals surface area contributed by atoms with E-state index < -0.39 is 0 Å². The van der Waals surface area contributed by atoms with Crippen molar-refractivity contribution in [3.05, 3.63) is 17.7 Å². The van der Waals surface area contributed by atoms with Gasteiger partial charge in [0.15, 0.2) is 0 Å². The Morgan fingerprint density at radius 1 is 1.09 bits per heavy atom. The Morgan fingerprint density at radius 2 is 1.68 bits per heavy atom. The second-order valence-electron chi connectivity index (χ2n) is 5.64. The van der Waals surface area contributed by atoms with E-state index in [1.165, 1.54) is 25.7 Å². The third kappa shape index (κ3) is 4.06. The first-order valence-corrected chi connectivity index (χ1v) is 7.73. The molecule has 0 aromatic heterocycles. The van der Waals surface area contributed by atoms with Crippen molar-refractivity contribution in [1.82, 2.24) is 5.32 Å². The van der Waals surface area contributed by atoms with Crippen molar-refractivity contribution in [1.29, 1.82) is 0 Å². The molecule has 1 amide bonds. The Labute approximate surface area is 131 Å². The number of methoxy groups -OCH3 is 3. The van der Waals surface area contributed by atoms with E-state index in [1.807, 2.05) is 0 Å². The van der Waals surface area contributed by atoms with Crippen LogP contribution in [-0.4, -0.2) is 27.2 Å². The molecule has 22 heavy (non-hydrogen) atoms. The number of ether oxygens (including phenoxy) is 3. The Morgan fingerprint density at radius 3 is 2.18 bits per heavy atom. The summed E-state index contributed by atoms with van der Waals surface area (Å²) in [5.74, 6) is 2.59. The Hall–Kier alpha value is -1.91. The molecule has 0 aliphatic heterocycles. The maximum atomic E-state index is 12.1. The van der Waals surface area contributed by atoms with Crippen LogP contribution in [-0.2, 0) is 11.3 Å². The standard InChI is InChI=1S/C17H25NO4/c1-20-13-9-15(21-2)14(16(10-13)22-3)11-18-17(19)8-12-6-4-5-7-12/h9-10,12H,4-8,11H2,1-3H3,(H,18,19). The Bertz CT molecular complexity index is 484. The monoisotopic (exact) mass is 307 g/mol. The molecule has 0 radical (unpaired) electrons. The number of rotatable bonds is 7. The van der Waals surface area contributed by atoms with Crippen LogP contribution in [0.4, 0.5) is 0 Å². The van der Waals surface area contributed by atoms with Gasteiger partial charge in [-0.2, -0.15) is 0 Å². The van der Waals surface area contributed by atoms with E-state index in [0.29, 0.717) is 36.1 Å². The van der Waals surface area contributed by atoms with Crippen LogP contribution in [0, 0.1) is 5.92 Å². The largest absolute Gasteiger partial charge is 0.496 e. The summed E-state index contributed by atoms with van der Waals surface area (Å²) in [6.45, 7) is 0.391. The molecule has 0 spiro atoms. The lowest BCUT2D eigenvalue weighted by molar-refractivity contribution is -0.122. The van der Waals surface area contributed by atoms with Gasteiger partial charge in [-0.1, -0.05) is 12.8 Å². The molecule has 5 nitrogen and oxygen atoms in total. The molecule has 1 aliphatic rings. The lowest BCUT2D eigenvalue weighted by atomic mass is 10.0. The van der Waals surface area contributed by atoms with Crippen LogP contribution in [0.25, 0.3) is 0 Å². The van der Waals surface area contributed by atoms with Crippen LogP contribution in [0.2, 0.25) is 0 Å². The van der Waals surface area contributed by atoms with Crippen molar-refractivity contribution in [2.45, 2.75) is 38.6 Å². The van der Waals surface area contributed by atoms with Crippen LogP contribution in [0.1, 0.15) is 37.7 Å². The number of benzene rings is 1. The topological polar surface area (TPSA) is 56.8 Å². The molecule has 1 fully saturated rings. The molecule has 0 heterocycles. The average Bonchev–Trinajstić information content (AvgIpc) is 3.04. The van der Waals surface area contributed by atoms with Gasteiger partial charge in [0, 0.05) is 18.6 Å². The summed E-state index contributed by atoms with van der Waals surface area (Å²) in [6, 6.07) is 3.59. The molecule has 1 saturated carbocycles. The highest BCUT2D eigenvalue weighted by molar-refractivity contribution is 5.76. The van der Waals surface area contributed by atoms with Crippen molar-refractivity contribution in [2.24, 2.45) is 5.92 Å². The predicted molar refractivity (Wildman–Crippen MR) is 84.5 cm³/mol. The minimum atomic E-state index is 0.0897. The molecule has 1 aromatic carbocycles. The summed E-state index contributed by atoms with van der Waals surface area (Å²) >= 11 is 0. The van der Waals surface area contributed by atoms with Crippen molar-refractivity contribution in [3.63, 3.8) is 0 Å². The van der Waals surface area contributed by atoms with E-state index >= 15 is 0 Å². The lowest BCUT2D eigenvalue weighted by Gasteiger charge is -2.16. The number of amides is 1. The maximum Gasteiger partial charge on any atom is 0.220 e. The molecule has 1 aliphatic carbocycles. The fraction of sp³-hybridized carbons (Fsp3) is 0.588. The zero-order chi connectivity index (χ0) is 15.9. The van der Waals surface area contributed by atoms with Crippen LogP contribution in [0.5, 0.6) is 17.2 Å². The second kappa shape index (κ2) is 7.92. The van der Waals surface area contributed by atoms with Crippen molar-refractivity contribution >= 4 is 5.91 Å². The van der Waals surface area contributed by atoms with E-state index in [2.05, 4.69) is 5.32 Å². The fourth-order valence-electron chi connectivity index (χ4n) is 2.99. The predicted octanol–water partition coefficient (Wildman–Crippen LogP) is 2.91. The summed E-state index contributed by atoms with van der Waals surface area (Å²) in [5.41, 5.74) is 0.825. The van der Waals surface area contributed by atoms with Gasteiger partial charge in [-0.15, -0.1) is 0 Å². The molecule has 5 heteroatoms. The quantitative estimate of drug-likeness (QED) is 0.841. The normalized spacial score (nSPS) is 14.7. The molecule has 122 valence electrons. The van der Waals surface area contributed by atoms with E-state index in [1.54, 1.807) is 33.5 Å². The SMILES string of the molecule is COc1cc(OC)c(CNC(=O)CC2CCCC2)c(OC)c1. The van der Waals surface area contributed by atoms with E-state index in [0.717, 1.165) is 5.56 Å². The molecule has 1 aromatic rings. The summed E-state index contributed by atoms with van der Waals surface area (Å²) in [5, 5.41) is 2.97. The minimum absolute atomic E-state index is 0.0897. The van der Waals surface area contributed by atoms with Crippen molar-refractivity contribution < 1.29 is 19.0 Å². The molecule has 0 bridgehead atoms. The van der Waals surface area contributed by atoms with Gasteiger partial charge in [-0.25, -0.2) is 0 Å².